The van der Waals surface area contributed by atoms with Gasteiger partial charge in [-0.2, -0.15) is 0 Å². The first-order valence-corrected chi connectivity index (χ1v) is 10.6. The molecule has 2 aromatic heterocycles. The lowest BCUT2D eigenvalue weighted by molar-refractivity contribution is -0.116. The van der Waals surface area contributed by atoms with Gasteiger partial charge in [0.1, 0.15) is 5.82 Å². The Hall–Kier alpha value is -3.45. The fourth-order valence-corrected chi connectivity index (χ4v) is 3.83. The molecule has 0 radical (unpaired) electrons. The number of fused-ring (bicyclic) bond motifs is 1. The van der Waals surface area contributed by atoms with Crippen LogP contribution in [0.1, 0.15) is 17.8 Å². The first-order chi connectivity index (χ1) is 14.7. The Kier molecular flexibility index (Phi) is 6.20. The van der Waals surface area contributed by atoms with E-state index in [1.807, 2.05) is 48.7 Å². The number of hydrogen-bond acceptors (Lipinski definition) is 5. The quantitative estimate of drug-likeness (QED) is 0.441. The molecule has 1 amide bonds. The van der Waals surface area contributed by atoms with Crippen molar-refractivity contribution >= 4 is 34.3 Å². The van der Waals surface area contributed by atoms with E-state index in [1.54, 1.807) is 36.2 Å². The zero-order chi connectivity index (χ0) is 20.8. The number of carbonyl (C=O) groups is 1. The molecule has 4 aromatic rings. The molecule has 0 atom stereocenters. The summed E-state index contributed by atoms with van der Waals surface area (Å²) < 4.78 is 0. The van der Waals surface area contributed by atoms with Crippen LogP contribution in [0.3, 0.4) is 0 Å². The molecule has 0 spiro atoms. The number of benzene rings is 2. The summed E-state index contributed by atoms with van der Waals surface area (Å²) in [5.41, 5.74) is 2.36. The first-order valence-electron chi connectivity index (χ1n) is 9.57. The van der Waals surface area contributed by atoms with Crippen LogP contribution in [0, 0.1) is 0 Å². The maximum Gasteiger partial charge on any atom is 0.258 e. The van der Waals surface area contributed by atoms with Crippen LogP contribution >= 0.6 is 11.8 Å². The number of thioether (sulfide) groups is 1. The zero-order valence-corrected chi connectivity index (χ0v) is 17.0. The highest BCUT2D eigenvalue weighted by molar-refractivity contribution is 7.98. The minimum absolute atomic E-state index is 0.124. The number of aryl methyl sites for hydroxylation is 1. The highest BCUT2D eigenvalue weighted by atomic mass is 32.2. The third kappa shape index (κ3) is 5.12. The van der Waals surface area contributed by atoms with Crippen LogP contribution in [0.5, 0.6) is 0 Å². The van der Waals surface area contributed by atoms with Crippen molar-refractivity contribution in [1.29, 1.82) is 0 Å². The maximum absolute atomic E-state index is 12.3. The molecule has 7 heteroatoms. The van der Waals surface area contributed by atoms with E-state index in [0.29, 0.717) is 23.1 Å². The number of amides is 1. The highest BCUT2D eigenvalue weighted by Gasteiger charge is 2.07. The van der Waals surface area contributed by atoms with Gasteiger partial charge in [0, 0.05) is 41.6 Å². The second-order valence-electron chi connectivity index (χ2n) is 6.75. The summed E-state index contributed by atoms with van der Waals surface area (Å²) in [7, 11) is 0. The first kappa shape index (κ1) is 19.8. The van der Waals surface area contributed by atoms with Gasteiger partial charge in [0.2, 0.25) is 5.91 Å². The third-order valence-corrected chi connectivity index (χ3v) is 5.60. The molecule has 4 rings (SSSR count). The molecule has 2 aromatic carbocycles. The average molecular weight is 417 g/mol. The molecule has 0 saturated heterocycles. The van der Waals surface area contributed by atoms with E-state index >= 15 is 0 Å². The predicted octanol–water partition coefficient (Wildman–Crippen LogP) is 4.18. The minimum Gasteiger partial charge on any atom is -0.326 e. The maximum atomic E-state index is 12.3. The largest absolute Gasteiger partial charge is 0.326 e. The number of aromatic amines is 1. The van der Waals surface area contributed by atoms with Crippen LogP contribution in [0.4, 0.5) is 5.69 Å². The molecule has 6 nitrogen and oxygen atoms in total. The van der Waals surface area contributed by atoms with Crippen molar-refractivity contribution in [2.75, 3.05) is 5.32 Å². The molecule has 2 N–H and O–H groups in total. The standard InChI is InChI=1S/C23H20N4O2S/c28-22(12-11-21-26-20-6-2-1-5-19(20)23(29)27-21)25-17-7-9-18(10-8-17)30-15-16-4-3-13-24-14-16/h1-10,13-14H,11-12,15H2,(H,25,28)(H,26,27,29). The number of anilines is 1. The van der Waals surface area contributed by atoms with E-state index in [1.165, 1.54) is 5.56 Å². The van der Waals surface area contributed by atoms with Crippen molar-refractivity contribution in [2.45, 2.75) is 23.5 Å². The summed E-state index contributed by atoms with van der Waals surface area (Å²) in [5, 5.41) is 3.44. The van der Waals surface area contributed by atoms with E-state index in [4.69, 9.17) is 0 Å². The minimum atomic E-state index is -0.185. The highest BCUT2D eigenvalue weighted by Crippen LogP contribution is 2.24. The van der Waals surface area contributed by atoms with Gasteiger partial charge in [-0.25, -0.2) is 4.98 Å². The fourth-order valence-electron chi connectivity index (χ4n) is 2.99. The molecule has 2 heterocycles. The summed E-state index contributed by atoms with van der Waals surface area (Å²) in [6.07, 6.45) is 4.22. The third-order valence-electron chi connectivity index (χ3n) is 4.52. The monoisotopic (exact) mass is 416 g/mol. The number of carbonyl (C=O) groups excluding carboxylic acids is 1. The van der Waals surface area contributed by atoms with E-state index in [-0.39, 0.29) is 17.9 Å². The normalized spacial score (nSPS) is 10.8. The lowest BCUT2D eigenvalue weighted by Gasteiger charge is -2.07. The SMILES string of the molecule is O=C(CCc1nc2ccccc2c(=O)[nH]1)Nc1ccc(SCc2cccnc2)cc1. The predicted molar refractivity (Wildman–Crippen MR) is 120 cm³/mol. The number of aromatic nitrogens is 3. The Bertz CT molecular complexity index is 1210. The van der Waals surface area contributed by atoms with E-state index in [2.05, 4.69) is 20.3 Å². The molecule has 0 bridgehead atoms. The summed E-state index contributed by atoms with van der Waals surface area (Å²) in [6.45, 7) is 0. The van der Waals surface area contributed by atoms with Crippen LogP contribution in [0.2, 0.25) is 0 Å². The molecule has 30 heavy (non-hydrogen) atoms. The van der Waals surface area contributed by atoms with Gasteiger partial charge < -0.3 is 10.3 Å². The topological polar surface area (TPSA) is 87.7 Å². The van der Waals surface area contributed by atoms with Gasteiger partial charge in [-0.3, -0.25) is 14.6 Å². The van der Waals surface area contributed by atoms with Crippen LogP contribution < -0.4 is 10.9 Å². The molecular formula is C23H20N4O2S. The number of nitrogens with zero attached hydrogens (tertiary/aromatic N) is 2. The number of para-hydroxylation sites is 1. The molecule has 0 saturated carbocycles. The smallest absolute Gasteiger partial charge is 0.258 e. The Morgan fingerprint density at radius 2 is 1.87 bits per heavy atom. The molecule has 0 unspecified atom stereocenters. The Morgan fingerprint density at radius 1 is 1.03 bits per heavy atom. The van der Waals surface area contributed by atoms with Crippen LogP contribution in [0.25, 0.3) is 10.9 Å². The lowest BCUT2D eigenvalue weighted by atomic mass is 10.2. The Morgan fingerprint density at radius 3 is 2.67 bits per heavy atom. The molecule has 0 aliphatic heterocycles. The van der Waals surface area contributed by atoms with Crippen molar-refractivity contribution in [1.82, 2.24) is 15.0 Å². The number of hydrogen-bond donors (Lipinski definition) is 2. The van der Waals surface area contributed by atoms with Crippen LogP contribution in [-0.2, 0) is 17.0 Å². The fraction of sp³-hybridized carbons (Fsp3) is 0.130. The Labute approximate surface area is 177 Å². The van der Waals surface area contributed by atoms with Crippen molar-refractivity contribution in [3.8, 4) is 0 Å². The van der Waals surface area contributed by atoms with Gasteiger partial charge >= 0.3 is 0 Å². The lowest BCUT2D eigenvalue weighted by Crippen LogP contribution is -2.16. The summed E-state index contributed by atoms with van der Waals surface area (Å²) in [6, 6.07) is 18.9. The van der Waals surface area contributed by atoms with Gasteiger partial charge in [0.25, 0.3) is 5.56 Å². The van der Waals surface area contributed by atoms with Crippen molar-refractivity contribution in [2.24, 2.45) is 0 Å². The molecule has 150 valence electrons. The second kappa shape index (κ2) is 9.37. The van der Waals surface area contributed by atoms with E-state index < -0.39 is 0 Å². The van der Waals surface area contributed by atoms with Crippen molar-refractivity contribution in [3.05, 3.63) is 94.8 Å². The number of pyridine rings is 1. The van der Waals surface area contributed by atoms with E-state index in [0.717, 1.165) is 16.3 Å². The molecular weight excluding hydrogens is 396 g/mol. The summed E-state index contributed by atoms with van der Waals surface area (Å²) in [5.74, 6) is 1.23. The van der Waals surface area contributed by atoms with Crippen LogP contribution in [-0.4, -0.2) is 20.9 Å². The number of rotatable bonds is 7. The van der Waals surface area contributed by atoms with Gasteiger partial charge in [-0.15, -0.1) is 11.8 Å². The van der Waals surface area contributed by atoms with E-state index in [9.17, 15) is 9.59 Å². The summed E-state index contributed by atoms with van der Waals surface area (Å²) >= 11 is 1.72. The Balaban J connectivity index is 1.30. The van der Waals surface area contributed by atoms with Gasteiger partial charge in [-0.1, -0.05) is 18.2 Å². The zero-order valence-electron chi connectivity index (χ0n) is 16.2. The van der Waals surface area contributed by atoms with Gasteiger partial charge in [-0.05, 0) is 48.0 Å². The molecule has 0 aliphatic rings. The number of nitrogens with one attached hydrogen (secondary N) is 2. The second-order valence-corrected chi connectivity index (χ2v) is 7.80. The molecule has 0 fully saturated rings. The van der Waals surface area contributed by atoms with Crippen LogP contribution in [0.15, 0.2) is 82.7 Å². The van der Waals surface area contributed by atoms with Gasteiger partial charge in [0.05, 0.1) is 10.9 Å². The number of H-pyrrole nitrogens is 1. The van der Waals surface area contributed by atoms with Gasteiger partial charge in [0.15, 0.2) is 0 Å². The average Bonchev–Trinajstić information content (AvgIpc) is 2.78. The summed E-state index contributed by atoms with van der Waals surface area (Å²) in [4.78, 5) is 36.8. The molecule has 0 aliphatic carbocycles. The van der Waals surface area contributed by atoms with Crippen molar-refractivity contribution in [3.63, 3.8) is 0 Å². The van der Waals surface area contributed by atoms with Crippen molar-refractivity contribution < 1.29 is 4.79 Å².